The van der Waals surface area contributed by atoms with Crippen molar-refractivity contribution in [2.24, 2.45) is 16.8 Å². The molecular weight excluding hydrogens is 346 g/mol. The number of aromatic nitrogens is 4. The van der Waals surface area contributed by atoms with Gasteiger partial charge in [-0.25, -0.2) is 15.2 Å². The summed E-state index contributed by atoms with van der Waals surface area (Å²) in [5.74, 6) is 9.37. The highest BCUT2D eigenvalue weighted by molar-refractivity contribution is 5.97. The first-order chi connectivity index (χ1) is 12.5. The number of hydrogen-bond acceptors (Lipinski definition) is 6. The molecule has 0 unspecified atom stereocenters. The third kappa shape index (κ3) is 3.28. The van der Waals surface area contributed by atoms with E-state index in [1.165, 1.54) is 16.8 Å². The average molecular weight is 360 g/mol. The van der Waals surface area contributed by atoms with Gasteiger partial charge in [-0.15, -0.1) is 0 Å². The third-order valence-corrected chi connectivity index (χ3v) is 3.56. The van der Waals surface area contributed by atoms with Gasteiger partial charge in [0.1, 0.15) is 17.2 Å². The standard InChI is InChI=1S/C15H14F2N8O/c16-9-4-2-1-3-8(9)7-25-12(14(22-18)23-19)5-11(24-25)13-20-6-10(17)15(26)21-13/h1-6H,7,18-19H2,(H,22,23)(H,20,21,26). The number of nitrogens with zero attached hydrogens (tertiary/aromatic N) is 4. The van der Waals surface area contributed by atoms with Crippen molar-refractivity contribution in [3.8, 4) is 11.5 Å². The number of nitrogens with one attached hydrogen (secondary N) is 2. The Morgan fingerprint density at radius 3 is 2.73 bits per heavy atom. The first-order valence-corrected chi connectivity index (χ1v) is 7.34. The van der Waals surface area contributed by atoms with Gasteiger partial charge < -0.3 is 16.3 Å². The molecule has 9 nitrogen and oxygen atoms in total. The summed E-state index contributed by atoms with van der Waals surface area (Å²) in [5.41, 5.74) is 2.25. The fourth-order valence-corrected chi connectivity index (χ4v) is 2.32. The van der Waals surface area contributed by atoms with E-state index in [-0.39, 0.29) is 23.9 Å². The highest BCUT2D eigenvalue weighted by Crippen LogP contribution is 2.17. The van der Waals surface area contributed by atoms with Crippen molar-refractivity contribution in [2.45, 2.75) is 6.54 Å². The van der Waals surface area contributed by atoms with Crippen LogP contribution in [0.15, 0.2) is 46.4 Å². The van der Waals surface area contributed by atoms with Crippen molar-refractivity contribution < 1.29 is 8.78 Å². The van der Waals surface area contributed by atoms with Crippen molar-refractivity contribution in [2.75, 3.05) is 0 Å². The largest absolute Gasteiger partial charge is 0.321 e. The van der Waals surface area contributed by atoms with E-state index in [2.05, 4.69) is 25.6 Å². The molecule has 0 atom stereocenters. The maximum absolute atomic E-state index is 14.0. The van der Waals surface area contributed by atoms with Crippen LogP contribution in [0.25, 0.3) is 11.5 Å². The summed E-state index contributed by atoms with van der Waals surface area (Å²) in [6, 6.07) is 7.63. The second kappa shape index (κ2) is 7.11. The van der Waals surface area contributed by atoms with Crippen molar-refractivity contribution in [3.63, 3.8) is 0 Å². The van der Waals surface area contributed by atoms with Gasteiger partial charge in [0.15, 0.2) is 11.7 Å². The van der Waals surface area contributed by atoms with Crippen LogP contribution in [0.2, 0.25) is 0 Å². The van der Waals surface area contributed by atoms with Crippen LogP contribution in [-0.2, 0) is 6.54 Å². The fraction of sp³-hybridized carbons (Fsp3) is 0.0667. The molecule has 134 valence electrons. The minimum atomic E-state index is -1.02. The van der Waals surface area contributed by atoms with E-state index in [9.17, 15) is 13.6 Å². The van der Waals surface area contributed by atoms with Crippen molar-refractivity contribution in [3.05, 3.63) is 69.8 Å². The van der Waals surface area contributed by atoms with Gasteiger partial charge in [-0.05, 0) is 12.1 Å². The average Bonchev–Trinajstić information content (AvgIpc) is 3.04. The quantitative estimate of drug-likeness (QED) is 0.224. The normalized spacial score (nSPS) is 11.6. The Morgan fingerprint density at radius 1 is 1.31 bits per heavy atom. The molecule has 0 saturated heterocycles. The molecular formula is C15H14F2N8O. The Balaban J connectivity index is 2.10. The molecule has 0 aliphatic rings. The molecule has 0 aliphatic heterocycles. The Hall–Kier alpha value is -3.60. The predicted octanol–water partition coefficient (Wildman–Crippen LogP) is 0.0435. The number of rotatable bonds is 4. The first kappa shape index (κ1) is 17.2. The Kier molecular flexibility index (Phi) is 4.71. The van der Waals surface area contributed by atoms with E-state index in [1.807, 2.05) is 0 Å². The van der Waals surface area contributed by atoms with Gasteiger partial charge in [-0.1, -0.05) is 18.2 Å². The van der Waals surface area contributed by atoms with Crippen LogP contribution in [0, 0.1) is 11.6 Å². The summed E-state index contributed by atoms with van der Waals surface area (Å²) >= 11 is 0. The molecule has 11 heteroatoms. The Labute approximate surface area is 145 Å². The van der Waals surface area contributed by atoms with E-state index in [1.54, 1.807) is 18.2 Å². The molecule has 26 heavy (non-hydrogen) atoms. The Morgan fingerprint density at radius 2 is 2.08 bits per heavy atom. The number of benzene rings is 1. The number of nitrogens with two attached hydrogens (primary N) is 2. The van der Waals surface area contributed by atoms with Gasteiger partial charge in [-0.2, -0.15) is 14.6 Å². The molecule has 0 radical (unpaired) electrons. The van der Waals surface area contributed by atoms with Crippen LogP contribution in [0.4, 0.5) is 8.78 Å². The number of hydrazine groups is 1. The van der Waals surface area contributed by atoms with Gasteiger partial charge in [0.2, 0.25) is 5.82 Å². The van der Waals surface area contributed by atoms with Gasteiger partial charge >= 0.3 is 0 Å². The van der Waals surface area contributed by atoms with E-state index in [4.69, 9.17) is 11.7 Å². The highest BCUT2D eigenvalue weighted by Gasteiger charge is 2.17. The molecule has 2 aromatic heterocycles. The lowest BCUT2D eigenvalue weighted by molar-refractivity contribution is 0.583. The maximum Gasteiger partial charge on any atom is 0.287 e. The lowest BCUT2D eigenvalue weighted by Crippen LogP contribution is -2.34. The molecule has 0 saturated carbocycles. The summed E-state index contributed by atoms with van der Waals surface area (Å²) in [7, 11) is 0. The number of aromatic amines is 1. The lowest BCUT2D eigenvalue weighted by atomic mass is 10.2. The van der Waals surface area contributed by atoms with Crippen LogP contribution >= 0.6 is 0 Å². The third-order valence-electron chi connectivity index (χ3n) is 3.56. The summed E-state index contributed by atoms with van der Waals surface area (Å²) in [6.45, 7) is 0.0358. The first-order valence-electron chi connectivity index (χ1n) is 7.34. The van der Waals surface area contributed by atoms with Gasteiger partial charge in [-0.3, -0.25) is 9.48 Å². The fourth-order valence-electron chi connectivity index (χ4n) is 2.32. The lowest BCUT2D eigenvalue weighted by Gasteiger charge is -2.09. The summed E-state index contributed by atoms with van der Waals surface area (Å²) < 4.78 is 28.5. The molecule has 0 amide bonds. The monoisotopic (exact) mass is 360 g/mol. The molecule has 6 N–H and O–H groups in total. The zero-order valence-electron chi connectivity index (χ0n) is 13.3. The number of H-pyrrole nitrogens is 1. The van der Waals surface area contributed by atoms with Crippen LogP contribution in [0.1, 0.15) is 11.3 Å². The minimum Gasteiger partial charge on any atom is -0.321 e. The summed E-state index contributed by atoms with van der Waals surface area (Å²) in [4.78, 5) is 17.5. The summed E-state index contributed by atoms with van der Waals surface area (Å²) in [5, 5.41) is 7.78. The van der Waals surface area contributed by atoms with E-state index in [0.29, 0.717) is 11.3 Å². The number of amidine groups is 1. The number of halogens is 2. The Bertz CT molecular complexity index is 1030. The van der Waals surface area contributed by atoms with Gasteiger partial charge in [0, 0.05) is 5.56 Å². The zero-order chi connectivity index (χ0) is 18.7. The van der Waals surface area contributed by atoms with Crippen LogP contribution < -0.4 is 22.7 Å². The molecule has 1 aromatic carbocycles. The van der Waals surface area contributed by atoms with Crippen LogP contribution in [0.3, 0.4) is 0 Å². The van der Waals surface area contributed by atoms with Gasteiger partial charge in [0.25, 0.3) is 5.56 Å². The van der Waals surface area contributed by atoms with Crippen LogP contribution in [-0.4, -0.2) is 25.6 Å². The SMILES string of the molecule is N/N=C(\NN)c1cc(-c2ncc(F)c(=O)[nH]2)nn1Cc1ccccc1F. The van der Waals surface area contributed by atoms with Gasteiger partial charge in [0.05, 0.1) is 12.7 Å². The number of hydrazone groups is 1. The van der Waals surface area contributed by atoms with Crippen molar-refractivity contribution in [1.82, 2.24) is 25.2 Å². The molecule has 3 rings (SSSR count). The van der Waals surface area contributed by atoms with Crippen LogP contribution in [0.5, 0.6) is 0 Å². The van der Waals surface area contributed by atoms with E-state index < -0.39 is 17.2 Å². The topological polar surface area (TPSA) is 140 Å². The molecule has 0 fully saturated rings. The summed E-state index contributed by atoms with van der Waals surface area (Å²) in [6.07, 6.45) is 0.781. The minimum absolute atomic E-state index is 0.0262. The molecule has 2 heterocycles. The van der Waals surface area contributed by atoms with Crippen molar-refractivity contribution >= 4 is 5.84 Å². The molecule has 3 aromatic rings. The second-order valence-corrected chi connectivity index (χ2v) is 5.19. The predicted molar refractivity (Wildman–Crippen MR) is 89.6 cm³/mol. The molecule has 0 bridgehead atoms. The van der Waals surface area contributed by atoms with Crippen molar-refractivity contribution in [1.29, 1.82) is 0 Å². The maximum atomic E-state index is 14.0. The van der Waals surface area contributed by atoms with E-state index >= 15 is 0 Å². The molecule has 0 spiro atoms. The number of hydrogen-bond donors (Lipinski definition) is 4. The van der Waals surface area contributed by atoms with E-state index in [0.717, 1.165) is 6.20 Å². The highest BCUT2D eigenvalue weighted by atomic mass is 19.1. The zero-order valence-corrected chi connectivity index (χ0v) is 13.3. The second-order valence-electron chi connectivity index (χ2n) is 5.19. The molecule has 0 aliphatic carbocycles. The smallest absolute Gasteiger partial charge is 0.287 e.